The zero-order valence-corrected chi connectivity index (χ0v) is 10.1. The molecule has 1 aromatic rings. The Morgan fingerprint density at radius 2 is 1.56 bits per heavy atom. The molecule has 0 atom stereocenters. The van der Waals surface area contributed by atoms with Crippen LogP contribution < -0.4 is 0 Å². The lowest BCUT2D eigenvalue weighted by molar-refractivity contribution is -0.137. The minimum atomic E-state index is -4.23. The fourth-order valence-electron chi connectivity index (χ4n) is 1.51. The van der Waals surface area contributed by atoms with Gasteiger partial charge in [-0.3, -0.25) is 0 Å². The highest BCUT2D eigenvalue weighted by atomic mass is 32.2. The maximum Gasteiger partial charge on any atom is 0.416 e. The van der Waals surface area contributed by atoms with Crippen LogP contribution in [0.25, 0.3) is 0 Å². The van der Waals surface area contributed by atoms with Crippen molar-refractivity contribution in [2.24, 2.45) is 0 Å². The number of rotatable bonds is 1. The Kier molecular flexibility index (Phi) is 3.74. The van der Waals surface area contributed by atoms with Gasteiger partial charge in [-0.15, -0.1) is 23.5 Å². The first-order chi connectivity index (χ1) is 7.57. The maximum absolute atomic E-state index is 12.4. The molecule has 0 aromatic heterocycles. The van der Waals surface area contributed by atoms with Gasteiger partial charge in [-0.05, 0) is 35.6 Å². The zero-order valence-electron chi connectivity index (χ0n) is 8.46. The molecule has 0 amide bonds. The minimum absolute atomic E-state index is 0.302. The van der Waals surface area contributed by atoms with Crippen LogP contribution in [0.3, 0.4) is 0 Å². The van der Waals surface area contributed by atoms with Crippen LogP contribution in [-0.2, 0) is 6.18 Å². The fraction of sp³-hybridized carbons (Fsp3) is 0.455. The molecule has 0 saturated carbocycles. The Balaban J connectivity index is 2.12. The van der Waals surface area contributed by atoms with E-state index in [1.54, 1.807) is 12.1 Å². The van der Waals surface area contributed by atoms with Gasteiger partial charge < -0.3 is 0 Å². The first-order valence-corrected chi connectivity index (χ1v) is 7.07. The van der Waals surface area contributed by atoms with Crippen LogP contribution in [0, 0.1) is 0 Å². The third kappa shape index (κ3) is 2.88. The first-order valence-electron chi connectivity index (χ1n) is 4.98. The molecule has 1 aliphatic rings. The fourth-order valence-corrected chi connectivity index (χ4v) is 4.40. The van der Waals surface area contributed by atoms with Crippen molar-refractivity contribution in [1.82, 2.24) is 0 Å². The number of halogens is 3. The molecule has 0 unspecified atom stereocenters. The van der Waals surface area contributed by atoms with Gasteiger partial charge in [0, 0.05) is 0 Å². The second kappa shape index (κ2) is 4.92. The Bertz CT molecular complexity index is 339. The Hall–Kier alpha value is -0.290. The van der Waals surface area contributed by atoms with Crippen molar-refractivity contribution in [3.05, 3.63) is 35.4 Å². The van der Waals surface area contributed by atoms with Crippen molar-refractivity contribution in [2.45, 2.75) is 17.2 Å². The lowest BCUT2D eigenvalue weighted by atomic mass is 10.1. The van der Waals surface area contributed by atoms with Crippen molar-refractivity contribution in [2.75, 3.05) is 11.5 Å². The van der Waals surface area contributed by atoms with E-state index in [0.717, 1.165) is 17.1 Å². The molecule has 5 heteroatoms. The molecule has 0 bridgehead atoms. The number of thioether (sulfide) groups is 2. The number of hydrogen-bond donors (Lipinski definition) is 0. The van der Waals surface area contributed by atoms with E-state index in [2.05, 4.69) is 0 Å². The molecule has 16 heavy (non-hydrogen) atoms. The van der Waals surface area contributed by atoms with Crippen LogP contribution in [0.5, 0.6) is 0 Å². The molecular formula is C11H11F3S2. The second-order valence-electron chi connectivity index (χ2n) is 3.55. The summed E-state index contributed by atoms with van der Waals surface area (Å²) in [5.74, 6) is 2.19. The highest BCUT2D eigenvalue weighted by Crippen LogP contribution is 2.44. The van der Waals surface area contributed by atoms with Crippen LogP contribution in [-0.4, -0.2) is 11.5 Å². The summed E-state index contributed by atoms with van der Waals surface area (Å²) in [6, 6.07) is 5.54. The largest absolute Gasteiger partial charge is 0.416 e. The highest BCUT2D eigenvalue weighted by molar-refractivity contribution is 8.16. The van der Waals surface area contributed by atoms with E-state index < -0.39 is 11.7 Å². The van der Waals surface area contributed by atoms with Gasteiger partial charge in [-0.1, -0.05) is 12.1 Å². The normalized spacial score (nSPS) is 18.7. The molecular weight excluding hydrogens is 253 g/mol. The summed E-state index contributed by atoms with van der Waals surface area (Å²) in [5.41, 5.74) is 0.421. The molecule has 0 nitrogen and oxygen atoms in total. The molecule has 88 valence electrons. The lowest BCUT2D eigenvalue weighted by Gasteiger charge is -2.21. The molecule has 0 spiro atoms. The van der Waals surface area contributed by atoms with Crippen LogP contribution in [0.1, 0.15) is 22.1 Å². The van der Waals surface area contributed by atoms with Crippen LogP contribution in [0.2, 0.25) is 0 Å². The second-order valence-corrected chi connectivity index (χ2v) is 6.27. The van der Waals surface area contributed by atoms with Gasteiger partial charge in [-0.25, -0.2) is 0 Å². The van der Waals surface area contributed by atoms with E-state index in [1.807, 2.05) is 23.5 Å². The van der Waals surface area contributed by atoms with Gasteiger partial charge in [0.15, 0.2) is 0 Å². The third-order valence-corrected chi connectivity index (χ3v) is 5.35. The smallest absolute Gasteiger partial charge is 0.166 e. The number of benzene rings is 1. The summed E-state index contributed by atoms with van der Waals surface area (Å²) in [4.78, 5) is 0. The molecule has 1 aliphatic heterocycles. The molecule has 1 heterocycles. The van der Waals surface area contributed by atoms with E-state index in [-0.39, 0.29) is 0 Å². The van der Waals surface area contributed by atoms with Crippen molar-refractivity contribution in [3.8, 4) is 0 Å². The summed E-state index contributed by atoms with van der Waals surface area (Å²) in [6.07, 6.45) is -3.04. The summed E-state index contributed by atoms with van der Waals surface area (Å²) >= 11 is 3.62. The van der Waals surface area contributed by atoms with Crippen molar-refractivity contribution < 1.29 is 13.2 Å². The molecule has 1 aromatic carbocycles. The summed E-state index contributed by atoms with van der Waals surface area (Å²) in [5, 5.41) is 0. The van der Waals surface area contributed by atoms with Gasteiger partial charge in [0.05, 0.1) is 10.1 Å². The van der Waals surface area contributed by atoms with E-state index in [4.69, 9.17) is 0 Å². The topological polar surface area (TPSA) is 0 Å². The third-order valence-electron chi connectivity index (χ3n) is 2.34. The molecule has 0 N–H and O–H groups in total. The van der Waals surface area contributed by atoms with Crippen molar-refractivity contribution in [1.29, 1.82) is 0 Å². The molecule has 0 aliphatic carbocycles. The van der Waals surface area contributed by atoms with E-state index >= 15 is 0 Å². The predicted octanol–water partition coefficient (Wildman–Crippen LogP) is 4.57. The van der Waals surface area contributed by atoms with E-state index in [1.165, 1.54) is 18.6 Å². The average molecular weight is 264 g/mol. The maximum atomic E-state index is 12.4. The highest BCUT2D eigenvalue weighted by Gasteiger charge is 2.30. The van der Waals surface area contributed by atoms with Crippen molar-refractivity contribution in [3.63, 3.8) is 0 Å². The Morgan fingerprint density at radius 3 is 2.06 bits per heavy atom. The van der Waals surface area contributed by atoms with Gasteiger partial charge in [0.2, 0.25) is 0 Å². The zero-order chi connectivity index (χ0) is 11.6. The predicted molar refractivity (Wildman–Crippen MR) is 63.7 cm³/mol. The Labute approximate surface area is 101 Å². The van der Waals surface area contributed by atoms with Gasteiger partial charge in [0.1, 0.15) is 0 Å². The van der Waals surface area contributed by atoms with Gasteiger partial charge in [0.25, 0.3) is 0 Å². The number of hydrogen-bond acceptors (Lipinski definition) is 2. The van der Waals surface area contributed by atoms with Crippen LogP contribution in [0.15, 0.2) is 24.3 Å². The SMILES string of the molecule is FC(F)(F)c1ccc(C2SCCCS2)cc1. The molecule has 1 saturated heterocycles. The van der Waals surface area contributed by atoms with E-state index in [0.29, 0.717) is 4.58 Å². The molecule has 2 rings (SSSR count). The molecule has 1 fully saturated rings. The molecule has 0 radical (unpaired) electrons. The quantitative estimate of drug-likeness (QED) is 0.728. The standard InChI is InChI=1S/C11H11F3S2/c12-11(13,14)9-4-2-8(3-5-9)10-15-6-1-7-16-10/h2-5,10H,1,6-7H2. The van der Waals surface area contributed by atoms with Crippen LogP contribution >= 0.6 is 23.5 Å². The van der Waals surface area contributed by atoms with Gasteiger partial charge >= 0.3 is 6.18 Å². The summed E-state index contributed by atoms with van der Waals surface area (Å²) < 4.78 is 37.4. The van der Waals surface area contributed by atoms with Crippen molar-refractivity contribution >= 4 is 23.5 Å². The van der Waals surface area contributed by atoms with E-state index in [9.17, 15) is 13.2 Å². The number of alkyl halides is 3. The summed E-state index contributed by atoms with van der Waals surface area (Å²) in [7, 11) is 0. The lowest BCUT2D eigenvalue weighted by Crippen LogP contribution is -2.05. The van der Waals surface area contributed by atoms with Crippen LogP contribution in [0.4, 0.5) is 13.2 Å². The Morgan fingerprint density at radius 1 is 1.00 bits per heavy atom. The average Bonchev–Trinajstić information content (AvgIpc) is 2.29. The van der Waals surface area contributed by atoms with Gasteiger partial charge in [-0.2, -0.15) is 13.2 Å². The first kappa shape index (κ1) is 12.2. The monoisotopic (exact) mass is 264 g/mol. The summed E-state index contributed by atoms with van der Waals surface area (Å²) in [6.45, 7) is 0. The minimum Gasteiger partial charge on any atom is -0.166 e.